The second-order valence-corrected chi connectivity index (χ2v) is 4.20. The van der Waals surface area contributed by atoms with Gasteiger partial charge < -0.3 is 4.74 Å². The number of methoxy groups -OCH3 is 1. The van der Waals surface area contributed by atoms with E-state index in [2.05, 4.69) is 4.74 Å². The average Bonchev–Trinajstić information content (AvgIpc) is 2.28. The summed E-state index contributed by atoms with van der Waals surface area (Å²) < 4.78 is 4.60. The molecule has 0 saturated heterocycles. The van der Waals surface area contributed by atoms with E-state index in [-0.39, 0.29) is 18.2 Å². The first-order chi connectivity index (χ1) is 8.06. The van der Waals surface area contributed by atoms with E-state index in [1.54, 1.807) is 12.1 Å². The Kier molecular flexibility index (Phi) is 5.16. The van der Waals surface area contributed by atoms with Crippen molar-refractivity contribution in [1.29, 1.82) is 0 Å². The molecule has 4 heteroatoms. The van der Waals surface area contributed by atoms with Crippen LogP contribution in [0.1, 0.15) is 27.9 Å². The minimum atomic E-state index is -0.314. The topological polar surface area (TPSA) is 43.4 Å². The van der Waals surface area contributed by atoms with Crippen LogP contribution in [0.3, 0.4) is 0 Å². The molecule has 0 saturated carbocycles. The number of halogens is 1. The molecule has 1 aromatic rings. The highest BCUT2D eigenvalue weighted by Gasteiger charge is 2.09. The highest BCUT2D eigenvalue weighted by Crippen LogP contribution is 2.13. The van der Waals surface area contributed by atoms with Crippen LogP contribution < -0.4 is 0 Å². The molecule has 0 aliphatic rings. The first kappa shape index (κ1) is 13.7. The van der Waals surface area contributed by atoms with Crippen molar-refractivity contribution in [3.8, 4) is 0 Å². The predicted molar refractivity (Wildman–Crippen MR) is 66.6 cm³/mol. The van der Waals surface area contributed by atoms with Crippen LogP contribution in [0.15, 0.2) is 18.2 Å². The van der Waals surface area contributed by atoms with E-state index in [4.69, 9.17) is 11.6 Å². The number of benzene rings is 1. The Morgan fingerprint density at radius 1 is 1.29 bits per heavy atom. The maximum atomic E-state index is 11.7. The van der Waals surface area contributed by atoms with Crippen LogP contribution in [-0.4, -0.2) is 24.7 Å². The van der Waals surface area contributed by atoms with Crippen molar-refractivity contribution in [2.75, 3.05) is 13.0 Å². The summed E-state index contributed by atoms with van der Waals surface area (Å²) in [7, 11) is 1.34. The fraction of sp³-hybridized carbons (Fsp3) is 0.385. The molecule has 0 radical (unpaired) electrons. The quantitative estimate of drug-likeness (QED) is 0.461. The standard InChI is InChI=1S/C13H15ClO3/c1-9-5-10(8-13(16)17-2)7-11(6-9)12(15)3-4-14/h5-7H,3-4,8H2,1-2H3. The zero-order valence-corrected chi connectivity index (χ0v) is 10.7. The second kappa shape index (κ2) is 6.40. The number of carbonyl (C=O) groups excluding carboxylic acids is 2. The van der Waals surface area contributed by atoms with Gasteiger partial charge in [0.1, 0.15) is 0 Å². The molecular weight excluding hydrogens is 240 g/mol. The molecule has 92 valence electrons. The highest BCUT2D eigenvalue weighted by atomic mass is 35.5. The summed E-state index contributed by atoms with van der Waals surface area (Å²) in [4.78, 5) is 22.9. The molecule has 0 spiro atoms. The Hall–Kier alpha value is -1.35. The van der Waals surface area contributed by atoms with Crippen molar-refractivity contribution in [2.45, 2.75) is 19.8 Å². The lowest BCUT2D eigenvalue weighted by atomic mass is 10.0. The van der Waals surface area contributed by atoms with E-state index in [9.17, 15) is 9.59 Å². The molecule has 0 bridgehead atoms. The summed E-state index contributed by atoms with van der Waals surface area (Å²) >= 11 is 5.54. The monoisotopic (exact) mass is 254 g/mol. The molecule has 1 aromatic carbocycles. The third-order valence-corrected chi connectivity index (χ3v) is 2.55. The summed E-state index contributed by atoms with van der Waals surface area (Å²) in [5.41, 5.74) is 2.34. The summed E-state index contributed by atoms with van der Waals surface area (Å²) in [6.45, 7) is 1.89. The number of rotatable bonds is 5. The van der Waals surface area contributed by atoms with Crippen LogP contribution in [-0.2, 0) is 16.0 Å². The van der Waals surface area contributed by atoms with Crippen LogP contribution in [0.5, 0.6) is 0 Å². The maximum Gasteiger partial charge on any atom is 0.309 e. The lowest BCUT2D eigenvalue weighted by Gasteiger charge is -2.06. The van der Waals surface area contributed by atoms with Gasteiger partial charge in [-0.05, 0) is 24.6 Å². The molecule has 0 amide bonds. The van der Waals surface area contributed by atoms with Crippen LogP contribution in [0.25, 0.3) is 0 Å². The number of esters is 1. The first-order valence-electron chi connectivity index (χ1n) is 5.33. The van der Waals surface area contributed by atoms with Crippen LogP contribution in [0.4, 0.5) is 0 Å². The molecule has 1 rings (SSSR count). The van der Waals surface area contributed by atoms with Gasteiger partial charge in [0.2, 0.25) is 0 Å². The third kappa shape index (κ3) is 4.19. The van der Waals surface area contributed by atoms with E-state index in [0.29, 0.717) is 17.9 Å². The molecule has 0 unspecified atom stereocenters. The van der Waals surface area contributed by atoms with Gasteiger partial charge in [0.15, 0.2) is 5.78 Å². The van der Waals surface area contributed by atoms with Gasteiger partial charge in [0, 0.05) is 17.9 Å². The van der Waals surface area contributed by atoms with Gasteiger partial charge in [-0.15, -0.1) is 11.6 Å². The Balaban J connectivity index is 2.93. The number of aryl methyl sites for hydroxylation is 1. The molecule has 0 N–H and O–H groups in total. The Bertz CT molecular complexity index is 427. The van der Waals surface area contributed by atoms with Crippen molar-refractivity contribution in [3.63, 3.8) is 0 Å². The molecule has 0 atom stereocenters. The number of carbonyl (C=O) groups is 2. The van der Waals surface area contributed by atoms with Crippen LogP contribution in [0, 0.1) is 6.92 Å². The Labute approximate surface area is 106 Å². The van der Waals surface area contributed by atoms with Crippen molar-refractivity contribution >= 4 is 23.4 Å². The summed E-state index contributed by atoms with van der Waals surface area (Å²) in [6, 6.07) is 5.39. The van der Waals surface area contributed by atoms with Crippen molar-refractivity contribution in [2.24, 2.45) is 0 Å². The second-order valence-electron chi connectivity index (χ2n) is 3.82. The number of Topliss-reactive ketones (excluding diaryl/α,β-unsaturated/α-hetero) is 1. The Morgan fingerprint density at radius 3 is 2.59 bits per heavy atom. The smallest absolute Gasteiger partial charge is 0.309 e. The van der Waals surface area contributed by atoms with Crippen molar-refractivity contribution in [3.05, 3.63) is 34.9 Å². The summed E-state index contributed by atoms with van der Waals surface area (Å²) in [5.74, 6) is -0.0137. The van der Waals surface area contributed by atoms with Gasteiger partial charge in [-0.3, -0.25) is 9.59 Å². The number of alkyl halides is 1. The molecule has 3 nitrogen and oxygen atoms in total. The van der Waals surface area contributed by atoms with Gasteiger partial charge in [0.25, 0.3) is 0 Å². The van der Waals surface area contributed by atoms with E-state index >= 15 is 0 Å². The molecule has 0 aromatic heterocycles. The fourth-order valence-electron chi connectivity index (χ4n) is 1.59. The Morgan fingerprint density at radius 2 is 2.00 bits per heavy atom. The molecule has 0 aliphatic heterocycles. The van der Waals surface area contributed by atoms with Gasteiger partial charge in [-0.1, -0.05) is 11.6 Å². The lowest BCUT2D eigenvalue weighted by Crippen LogP contribution is -2.07. The van der Waals surface area contributed by atoms with E-state index in [1.807, 2.05) is 13.0 Å². The predicted octanol–water partition coefficient (Wildman–Crippen LogP) is 2.52. The van der Waals surface area contributed by atoms with Gasteiger partial charge in [0.05, 0.1) is 13.5 Å². The normalized spacial score (nSPS) is 10.1. The first-order valence-corrected chi connectivity index (χ1v) is 5.87. The highest BCUT2D eigenvalue weighted by molar-refractivity contribution is 6.19. The van der Waals surface area contributed by atoms with E-state index < -0.39 is 0 Å². The maximum absolute atomic E-state index is 11.7. The third-order valence-electron chi connectivity index (χ3n) is 2.36. The number of ether oxygens (including phenoxy) is 1. The number of hydrogen-bond acceptors (Lipinski definition) is 3. The zero-order valence-electron chi connectivity index (χ0n) is 9.96. The minimum Gasteiger partial charge on any atom is -0.469 e. The lowest BCUT2D eigenvalue weighted by molar-refractivity contribution is -0.139. The SMILES string of the molecule is COC(=O)Cc1cc(C)cc(C(=O)CCCl)c1. The fourth-order valence-corrected chi connectivity index (χ4v) is 1.77. The van der Waals surface area contributed by atoms with Gasteiger partial charge in [-0.25, -0.2) is 0 Å². The molecule has 17 heavy (non-hydrogen) atoms. The average molecular weight is 255 g/mol. The summed E-state index contributed by atoms with van der Waals surface area (Å²) in [5, 5.41) is 0. The molecular formula is C13H15ClO3. The van der Waals surface area contributed by atoms with Gasteiger partial charge in [-0.2, -0.15) is 0 Å². The zero-order chi connectivity index (χ0) is 12.8. The largest absolute Gasteiger partial charge is 0.469 e. The van der Waals surface area contributed by atoms with Gasteiger partial charge >= 0.3 is 5.97 Å². The number of ketones is 1. The molecule has 0 aliphatic carbocycles. The van der Waals surface area contributed by atoms with Crippen LogP contribution in [0.2, 0.25) is 0 Å². The molecule has 0 heterocycles. The van der Waals surface area contributed by atoms with Crippen molar-refractivity contribution in [1.82, 2.24) is 0 Å². The van der Waals surface area contributed by atoms with E-state index in [0.717, 1.165) is 11.1 Å². The van der Waals surface area contributed by atoms with Crippen molar-refractivity contribution < 1.29 is 14.3 Å². The number of hydrogen-bond donors (Lipinski definition) is 0. The summed E-state index contributed by atoms with van der Waals surface area (Å²) in [6.07, 6.45) is 0.488. The molecule has 0 fully saturated rings. The minimum absolute atomic E-state index is 0.00480. The van der Waals surface area contributed by atoms with E-state index in [1.165, 1.54) is 7.11 Å². The van der Waals surface area contributed by atoms with Crippen LogP contribution >= 0.6 is 11.6 Å².